The Morgan fingerprint density at radius 2 is 1.41 bits per heavy atom. The Hall–Kier alpha value is -2.37. The van der Waals surface area contributed by atoms with Crippen LogP contribution in [0.15, 0.2) is 12.1 Å². The van der Waals surface area contributed by atoms with Crippen LogP contribution >= 0.6 is 0 Å². The number of rotatable bonds is 8. The van der Waals surface area contributed by atoms with E-state index in [4.69, 9.17) is 11.5 Å². The van der Waals surface area contributed by atoms with Gasteiger partial charge in [-0.3, -0.25) is 14.4 Å². The van der Waals surface area contributed by atoms with Gasteiger partial charge in [-0.15, -0.1) is 0 Å². The maximum absolute atomic E-state index is 13.1. The second kappa shape index (κ2) is 8.97. The monoisotopic (exact) mass is 404 g/mol. The maximum Gasteiger partial charge on any atom is 0.228 e. The number of aromatic hydroxyl groups is 1. The normalized spacial score (nSPS) is 14.3. The van der Waals surface area contributed by atoms with Crippen molar-refractivity contribution in [3.8, 4) is 5.75 Å². The molecule has 0 aromatic heterocycles. The van der Waals surface area contributed by atoms with Crippen LogP contribution in [0.3, 0.4) is 0 Å². The number of carbonyl (C=O) groups is 3. The molecule has 0 saturated carbocycles. The van der Waals surface area contributed by atoms with Crippen LogP contribution in [0.4, 0.5) is 0 Å². The second-order valence-corrected chi connectivity index (χ2v) is 9.90. The average Bonchev–Trinajstić information content (AvgIpc) is 2.55. The molecule has 1 aromatic rings. The minimum absolute atomic E-state index is 0.104. The summed E-state index contributed by atoms with van der Waals surface area (Å²) in [7, 11) is 0. The third-order valence-corrected chi connectivity index (χ3v) is 5.28. The van der Waals surface area contributed by atoms with Crippen molar-refractivity contribution in [3.63, 3.8) is 0 Å². The summed E-state index contributed by atoms with van der Waals surface area (Å²) in [5.74, 6) is -2.78. The quantitative estimate of drug-likeness (QED) is 0.574. The van der Waals surface area contributed by atoms with Crippen molar-refractivity contribution in [2.24, 2.45) is 17.4 Å². The van der Waals surface area contributed by atoms with Gasteiger partial charge < -0.3 is 16.6 Å². The molecular formula is C23H36N2O4. The molecule has 0 bridgehead atoms. The Bertz CT molecular complexity index is 750. The van der Waals surface area contributed by atoms with E-state index >= 15 is 0 Å². The van der Waals surface area contributed by atoms with E-state index in [0.717, 1.165) is 16.7 Å². The van der Waals surface area contributed by atoms with E-state index in [2.05, 4.69) is 0 Å². The molecule has 0 saturated heterocycles. The number of primary amides is 2. The summed E-state index contributed by atoms with van der Waals surface area (Å²) in [5, 5.41) is 10.9. The molecule has 2 unspecified atom stereocenters. The SMILES string of the molecule is CC(C(=O)C(CCCC(N)=O)C(N)=O)c1cc(C(C)(C)C)c(O)c(C(C)(C)C)c1. The van der Waals surface area contributed by atoms with Crippen molar-refractivity contribution >= 4 is 17.6 Å². The first-order valence-corrected chi connectivity index (χ1v) is 10.1. The van der Waals surface area contributed by atoms with Crippen LogP contribution in [0.25, 0.3) is 0 Å². The molecular weight excluding hydrogens is 368 g/mol. The Morgan fingerprint density at radius 3 is 1.76 bits per heavy atom. The summed E-state index contributed by atoms with van der Waals surface area (Å²) in [6.07, 6.45) is 0.627. The van der Waals surface area contributed by atoms with Gasteiger partial charge in [0.25, 0.3) is 0 Å². The molecule has 0 aliphatic rings. The fourth-order valence-electron chi connectivity index (χ4n) is 3.42. The number of hydrogen-bond acceptors (Lipinski definition) is 4. The molecule has 1 rings (SSSR count). The first kappa shape index (κ1) is 24.7. The Labute approximate surface area is 174 Å². The average molecular weight is 405 g/mol. The number of benzene rings is 1. The van der Waals surface area contributed by atoms with Gasteiger partial charge in [0.2, 0.25) is 11.8 Å². The van der Waals surface area contributed by atoms with Crippen LogP contribution < -0.4 is 11.5 Å². The minimum atomic E-state index is -0.977. The zero-order valence-corrected chi connectivity index (χ0v) is 18.8. The number of nitrogens with two attached hydrogens (primary N) is 2. The fraction of sp³-hybridized carbons (Fsp3) is 0.609. The highest BCUT2D eigenvalue weighted by Crippen LogP contribution is 2.41. The zero-order valence-electron chi connectivity index (χ0n) is 18.8. The van der Waals surface area contributed by atoms with Crippen LogP contribution in [0, 0.1) is 5.92 Å². The molecule has 2 amide bonds. The Balaban J connectivity index is 3.38. The lowest BCUT2D eigenvalue weighted by atomic mass is 9.76. The van der Waals surface area contributed by atoms with Gasteiger partial charge in [0, 0.05) is 12.3 Å². The van der Waals surface area contributed by atoms with Crippen molar-refractivity contribution in [3.05, 3.63) is 28.8 Å². The van der Waals surface area contributed by atoms with E-state index in [1.165, 1.54) is 0 Å². The van der Waals surface area contributed by atoms with Gasteiger partial charge in [0.05, 0.1) is 5.92 Å². The van der Waals surface area contributed by atoms with E-state index in [0.29, 0.717) is 6.42 Å². The topological polar surface area (TPSA) is 123 Å². The molecule has 0 radical (unpaired) electrons. The van der Waals surface area contributed by atoms with Crippen LogP contribution in [0.1, 0.15) is 90.3 Å². The lowest BCUT2D eigenvalue weighted by Crippen LogP contribution is -2.33. The molecule has 0 heterocycles. The van der Waals surface area contributed by atoms with Crippen molar-refractivity contribution in [1.82, 2.24) is 0 Å². The molecule has 0 aliphatic carbocycles. The van der Waals surface area contributed by atoms with E-state index in [9.17, 15) is 19.5 Å². The molecule has 5 N–H and O–H groups in total. The van der Waals surface area contributed by atoms with Crippen molar-refractivity contribution in [1.29, 1.82) is 0 Å². The van der Waals surface area contributed by atoms with E-state index in [1.54, 1.807) is 6.92 Å². The van der Waals surface area contributed by atoms with Gasteiger partial charge >= 0.3 is 0 Å². The van der Waals surface area contributed by atoms with Gasteiger partial charge in [-0.1, -0.05) is 60.6 Å². The van der Waals surface area contributed by atoms with Gasteiger partial charge in [-0.2, -0.15) is 0 Å². The zero-order chi connectivity index (χ0) is 22.7. The smallest absolute Gasteiger partial charge is 0.228 e. The highest BCUT2D eigenvalue weighted by molar-refractivity contribution is 6.03. The van der Waals surface area contributed by atoms with Gasteiger partial charge in [0.1, 0.15) is 5.75 Å². The molecule has 6 heteroatoms. The first-order valence-electron chi connectivity index (χ1n) is 10.1. The standard InChI is InChI=1S/C23H36N2O4/c1-13(19(27)15(21(25)29)9-8-10-18(24)26)14-11-16(22(2,3)4)20(28)17(12-14)23(5,6)7/h11-13,15,28H,8-10H2,1-7H3,(H2,24,26)(H2,25,29). The van der Waals surface area contributed by atoms with E-state index < -0.39 is 23.7 Å². The van der Waals surface area contributed by atoms with Gasteiger partial charge in [-0.25, -0.2) is 0 Å². The molecule has 162 valence electrons. The fourth-order valence-corrected chi connectivity index (χ4v) is 3.42. The molecule has 1 aromatic carbocycles. The highest BCUT2D eigenvalue weighted by Gasteiger charge is 2.32. The second-order valence-electron chi connectivity index (χ2n) is 9.90. The number of amides is 2. The third-order valence-electron chi connectivity index (χ3n) is 5.28. The highest BCUT2D eigenvalue weighted by atomic mass is 16.3. The number of phenols is 1. The number of ketones is 1. The molecule has 0 fully saturated rings. The molecule has 29 heavy (non-hydrogen) atoms. The Kier molecular flexibility index (Phi) is 7.63. The van der Waals surface area contributed by atoms with Crippen LogP contribution in [0.2, 0.25) is 0 Å². The summed E-state index contributed by atoms with van der Waals surface area (Å²) in [4.78, 5) is 36.0. The Morgan fingerprint density at radius 1 is 0.966 bits per heavy atom. The molecule has 2 atom stereocenters. The lowest BCUT2D eigenvalue weighted by molar-refractivity contribution is -0.133. The molecule has 0 spiro atoms. The largest absolute Gasteiger partial charge is 0.507 e. The molecule has 6 nitrogen and oxygen atoms in total. The number of Topliss-reactive ketones (excluding diaryl/α,β-unsaturated/α-hetero) is 1. The van der Waals surface area contributed by atoms with Crippen molar-refractivity contribution in [2.75, 3.05) is 0 Å². The summed E-state index contributed by atoms with van der Waals surface area (Å²) in [6, 6.07) is 3.68. The first-order chi connectivity index (χ1) is 13.1. The number of phenolic OH excluding ortho intramolecular Hbond substituents is 1. The van der Waals surface area contributed by atoms with Crippen LogP contribution in [0.5, 0.6) is 5.75 Å². The minimum Gasteiger partial charge on any atom is -0.507 e. The number of carbonyl (C=O) groups excluding carboxylic acids is 3. The van der Waals surface area contributed by atoms with E-state index in [-0.39, 0.29) is 35.2 Å². The molecule has 0 aliphatic heterocycles. The summed E-state index contributed by atoms with van der Waals surface area (Å²) < 4.78 is 0. The number of hydrogen-bond donors (Lipinski definition) is 3. The van der Waals surface area contributed by atoms with Crippen molar-refractivity contribution < 1.29 is 19.5 Å². The van der Waals surface area contributed by atoms with Crippen molar-refractivity contribution in [2.45, 2.75) is 84.5 Å². The maximum atomic E-state index is 13.1. The van der Waals surface area contributed by atoms with Gasteiger partial charge in [0.15, 0.2) is 5.78 Å². The lowest BCUT2D eigenvalue weighted by Gasteiger charge is -2.29. The third kappa shape index (κ3) is 6.31. The van der Waals surface area contributed by atoms with Crippen LogP contribution in [-0.4, -0.2) is 22.7 Å². The summed E-state index contributed by atoms with van der Waals surface area (Å²) >= 11 is 0. The van der Waals surface area contributed by atoms with Gasteiger partial charge in [-0.05, 0) is 40.4 Å². The van der Waals surface area contributed by atoms with Crippen LogP contribution in [-0.2, 0) is 25.2 Å². The summed E-state index contributed by atoms with van der Waals surface area (Å²) in [6.45, 7) is 13.8. The summed E-state index contributed by atoms with van der Waals surface area (Å²) in [5.41, 5.74) is 12.2. The van der Waals surface area contributed by atoms with E-state index in [1.807, 2.05) is 53.7 Å². The predicted molar refractivity (Wildman–Crippen MR) is 115 cm³/mol. The predicted octanol–water partition coefficient (Wildman–Crippen LogP) is 3.42.